The smallest absolute Gasteiger partial charge is 0.281 e. The molecule has 0 saturated heterocycles. The molecule has 3 heterocycles. The van der Waals surface area contributed by atoms with Crippen LogP contribution in [0.25, 0.3) is 21.5 Å². The van der Waals surface area contributed by atoms with Crippen molar-refractivity contribution in [3.8, 4) is 17.1 Å². The van der Waals surface area contributed by atoms with Gasteiger partial charge in [-0.25, -0.2) is 9.66 Å². The van der Waals surface area contributed by atoms with Crippen LogP contribution >= 0.6 is 11.3 Å². The number of benzene rings is 1. The van der Waals surface area contributed by atoms with Crippen molar-refractivity contribution in [1.29, 1.82) is 0 Å². The summed E-state index contributed by atoms with van der Waals surface area (Å²) < 4.78 is 12.0. The highest BCUT2D eigenvalue weighted by Crippen LogP contribution is 2.30. The molecule has 7 nitrogen and oxygen atoms in total. The van der Waals surface area contributed by atoms with Gasteiger partial charge in [-0.3, -0.25) is 15.0 Å². The second kappa shape index (κ2) is 7.32. The highest BCUT2D eigenvalue weighted by atomic mass is 32.1. The molecule has 0 saturated carbocycles. The van der Waals surface area contributed by atoms with Crippen LogP contribution in [0.5, 0.6) is 5.75 Å². The van der Waals surface area contributed by atoms with Gasteiger partial charge in [-0.2, -0.15) is 0 Å². The van der Waals surface area contributed by atoms with E-state index in [0.29, 0.717) is 27.3 Å². The van der Waals surface area contributed by atoms with Crippen molar-refractivity contribution >= 4 is 27.5 Å². The van der Waals surface area contributed by atoms with E-state index in [0.717, 1.165) is 15.8 Å². The summed E-state index contributed by atoms with van der Waals surface area (Å²) in [5, 5.41) is 2.21. The van der Waals surface area contributed by atoms with Crippen molar-refractivity contribution in [3.63, 3.8) is 0 Å². The monoisotopic (exact) mass is 395 g/mol. The van der Waals surface area contributed by atoms with Gasteiger partial charge in [0, 0.05) is 10.9 Å². The number of carbonyl (C=O) groups excluding carboxylic acids is 1. The minimum Gasteiger partial charge on any atom is -0.483 e. The third-order valence-corrected chi connectivity index (χ3v) is 5.10. The third kappa shape index (κ3) is 3.41. The van der Waals surface area contributed by atoms with Crippen LogP contribution in [0, 0.1) is 13.8 Å². The molecule has 0 spiro atoms. The Morgan fingerprint density at radius 3 is 2.93 bits per heavy atom. The molecule has 0 fully saturated rings. The van der Waals surface area contributed by atoms with E-state index in [-0.39, 0.29) is 12.2 Å². The highest BCUT2D eigenvalue weighted by molar-refractivity contribution is 7.17. The van der Waals surface area contributed by atoms with E-state index in [1.807, 2.05) is 37.4 Å². The van der Waals surface area contributed by atoms with E-state index in [1.54, 1.807) is 18.4 Å². The van der Waals surface area contributed by atoms with Crippen molar-refractivity contribution in [2.75, 3.05) is 12.0 Å². The maximum atomic E-state index is 12.8. The Morgan fingerprint density at radius 2 is 2.18 bits per heavy atom. The fourth-order valence-electron chi connectivity index (χ4n) is 2.90. The second-order valence-corrected chi connectivity index (χ2v) is 7.18. The van der Waals surface area contributed by atoms with Gasteiger partial charge in [-0.15, -0.1) is 11.3 Å². The summed E-state index contributed by atoms with van der Waals surface area (Å²) in [6, 6.07) is 9.23. The summed E-state index contributed by atoms with van der Waals surface area (Å²) in [5.74, 6) is 0.741. The number of hydrogen-bond donors (Lipinski definition) is 1. The highest BCUT2D eigenvalue weighted by Gasteiger charge is 2.16. The SMILES string of the molecule is Cc1ccc(OCC(=O)Nn2cnc3scc(-c4ccco4)c3c2=O)c(C)c1. The lowest BCUT2D eigenvalue weighted by atomic mass is 10.1. The van der Waals surface area contributed by atoms with Gasteiger partial charge in [0.15, 0.2) is 6.61 Å². The lowest BCUT2D eigenvalue weighted by molar-refractivity contribution is -0.119. The molecule has 0 unspecified atom stereocenters. The van der Waals surface area contributed by atoms with Crippen molar-refractivity contribution in [2.45, 2.75) is 13.8 Å². The Balaban J connectivity index is 1.54. The fourth-order valence-corrected chi connectivity index (χ4v) is 3.78. The molecule has 0 atom stereocenters. The number of rotatable bonds is 5. The largest absolute Gasteiger partial charge is 0.483 e. The van der Waals surface area contributed by atoms with E-state index in [1.165, 1.54) is 17.7 Å². The molecule has 28 heavy (non-hydrogen) atoms. The predicted octanol–water partition coefficient (Wildman–Crippen LogP) is 3.48. The summed E-state index contributed by atoms with van der Waals surface area (Å²) in [4.78, 5) is 29.9. The molecule has 1 amide bonds. The van der Waals surface area contributed by atoms with Gasteiger partial charge in [-0.1, -0.05) is 17.7 Å². The molecule has 0 aliphatic heterocycles. The lowest BCUT2D eigenvalue weighted by Crippen LogP contribution is -2.35. The summed E-state index contributed by atoms with van der Waals surface area (Å²) in [5.41, 5.74) is 4.84. The molecule has 8 heteroatoms. The Bertz CT molecular complexity index is 1210. The Morgan fingerprint density at radius 1 is 1.32 bits per heavy atom. The molecule has 142 valence electrons. The van der Waals surface area contributed by atoms with E-state index < -0.39 is 5.91 Å². The molecule has 3 aromatic heterocycles. The molecule has 0 aliphatic carbocycles. The average Bonchev–Trinajstić information content (AvgIpc) is 3.33. The Kier molecular flexibility index (Phi) is 4.70. The first-order chi connectivity index (χ1) is 13.5. The summed E-state index contributed by atoms with van der Waals surface area (Å²) in [6.07, 6.45) is 2.84. The number of aromatic nitrogens is 2. The van der Waals surface area contributed by atoms with Crippen molar-refractivity contribution in [2.24, 2.45) is 0 Å². The minimum absolute atomic E-state index is 0.219. The first-order valence-corrected chi connectivity index (χ1v) is 9.43. The number of nitrogens with zero attached hydrogens (tertiary/aromatic N) is 2. The van der Waals surface area contributed by atoms with Gasteiger partial charge in [0.25, 0.3) is 11.5 Å². The minimum atomic E-state index is -0.460. The first kappa shape index (κ1) is 18.0. The van der Waals surface area contributed by atoms with Crippen LogP contribution in [-0.2, 0) is 4.79 Å². The van der Waals surface area contributed by atoms with Crippen LogP contribution in [0.3, 0.4) is 0 Å². The average molecular weight is 395 g/mol. The van der Waals surface area contributed by atoms with Crippen molar-refractivity contribution in [1.82, 2.24) is 9.66 Å². The second-order valence-electron chi connectivity index (χ2n) is 6.32. The molecule has 0 radical (unpaired) electrons. The van der Waals surface area contributed by atoms with Gasteiger partial charge < -0.3 is 9.15 Å². The molecule has 1 N–H and O–H groups in total. The van der Waals surface area contributed by atoms with E-state index in [4.69, 9.17) is 9.15 Å². The third-order valence-electron chi connectivity index (χ3n) is 4.22. The number of hydrogen-bond acceptors (Lipinski definition) is 6. The number of furan rings is 1. The lowest BCUT2D eigenvalue weighted by Gasteiger charge is -2.11. The maximum Gasteiger partial charge on any atom is 0.281 e. The predicted molar refractivity (Wildman–Crippen MR) is 107 cm³/mol. The van der Waals surface area contributed by atoms with E-state index in [2.05, 4.69) is 10.4 Å². The standard InChI is InChI=1S/C20H17N3O4S/c1-12-5-6-15(13(2)8-12)27-9-17(24)22-23-11-21-19-18(20(23)25)14(10-28-19)16-4-3-7-26-16/h3-8,10-11H,9H2,1-2H3,(H,22,24). The summed E-state index contributed by atoms with van der Waals surface area (Å²) in [7, 11) is 0. The Hall–Kier alpha value is -3.39. The van der Waals surface area contributed by atoms with Gasteiger partial charge >= 0.3 is 0 Å². The van der Waals surface area contributed by atoms with Gasteiger partial charge in [-0.05, 0) is 37.6 Å². The molecular weight excluding hydrogens is 378 g/mol. The van der Waals surface area contributed by atoms with Crippen LogP contribution in [-0.4, -0.2) is 22.2 Å². The van der Waals surface area contributed by atoms with Crippen LogP contribution in [0.4, 0.5) is 0 Å². The quantitative estimate of drug-likeness (QED) is 0.559. The summed E-state index contributed by atoms with van der Waals surface area (Å²) in [6.45, 7) is 3.68. The van der Waals surface area contributed by atoms with Crippen LogP contribution in [0.15, 0.2) is 57.5 Å². The number of amides is 1. The molecule has 0 aliphatic rings. The topological polar surface area (TPSA) is 86.4 Å². The first-order valence-electron chi connectivity index (χ1n) is 8.55. The van der Waals surface area contributed by atoms with Gasteiger partial charge in [0.2, 0.25) is 0 Å². The van der Waals surface area contributed by atoms with Gasteiger partial charge in [0.1, 0.15) is 22.7 Å². The molecule has 0 bridgehead atoms. The number of fused-ring (bicyclic) bond motifs is 1. The number of ether oxygens (including phenoxy) is 1. The van der Waals surface area contributed by atoms with E-state index >= 15 is 0 Å². The van der Waals surface area contributed by atoms with Crippen LogP contribution < -0.4 is 15.7 Å². The van der Waals surface area contributed by atoms with Crippen LogP contribution in [0.2, 0.25) is 0 Å². The van der Waals surface area contributed by atoms with Crippen molar-refractivity contribution in [3.05, 3.63) is 69.8 Å². The summed E-state index contributed by atoms with van der Waals surface area (Å²) >= 11 is 1.34. The molecule has 1 aromatic carbocycles. The molecule has 4 rings (SSSR count). The Labute approximate surface area is 164 Å². The zero-order valence-corrected chi connectivity index (χ0v) is 16.1. The normalized spacial score (nSPS) is 10.9. The van der Waals surface area contributed by atoms with Gasteiger partial charge in [0.05, 0.1) is 11.6 Å². The molecule has 4 aromatic rings. The maximum absolute atomic E-state index is 12.8. The molecular formula is C20H17N3O4S. The number of carbonyl (C=O) groups is 1. The van der Waals surface area contributed by atoms with E-state index in [9.17, 15) is 9.59 Å². The number of thiophene rings is 1. The number of aryl methyl sites for hydroxylation is 2. The van der Waals surface area contributed by atoms with Crippen LogP contribution in [0.1, 0.15) is 11.1 Å². The zero-order valence-electron chi connectivity index (χ0n) is 15.3. The zero-order chi connectivity index (χ0) is 19.7. The van der Waals surface area contributed by atoms with Crippen molar-refractivity contribution < 1.29 is 13.9 Å². The number of nitrogens with one attached hydrogen (secondary N) is 1. The fraction of sp³-hybridized carbons (Fsp3) is 0.150.